The molecule has 22 heavy (non-hydrogen) atoms. The van der Waals surface area contributed by atoms with Crippen molar-refractivity contribution in [1.29, 1.82) is 0 Å². The second-order valence-corrected chi connectivity index (χ2v) is 7.61. The molecule has 1 fully saturated rings. The van der Waals surface area contributed by atoms with Crippen molar-refractivity contribution in [2.45, 2.75) is 19.4 Å². The van der Waals surface area contributed by atoms with Gasteiger partial charge in [0.1, 0.15) is 5.75 Å². The van der Waals surface area contributed by atoms with Crippen molar-refractivity contribution < 1.29 is 13.2 Å². The molecule has 1 N–H and O–H groups in total. The number of rotatable bonds is 4. The highest BCUT2D eigenvalue weighted by Gasteiger charge is 2.29. The lowest BCUT2D eigenvalue weighted by atomic mass is 10.0. The summed E-state index contributed by atoms with van der Waals surface area (Å²) in [5.74, 6) is -0.736. The molecular formula is C15H23ClN2O3S. The summed E-state index contributed by atoms with van der Waals surface area (Å²) in [5.41, 5.74) is 2.29. The molecule has 7 heteroatoms. The smallest absolute Gasteiger partial charge is 0.238 e. The molecule has 1 aliphatic heterocycles. The average molecular weight is 347 g/mol. The number of nitrogens with zero attached hydrogens (tertiary/aromatic N) is 1. The lowest BCUT2D eigenvalue weighted by molar-refractivity contribution is -0.131. The minimum atomic E-state index is -3.30. The Morgan fingerprint density at radius 3 is 2.50 bits per heavy atom. The van der Waals surface area contributed by atoms with Crippen molar-refractivity contribution in [1.82, 2.24) is 10.2 Å². The maximum Gasteiger partial charge on any atom is 0.238 e. The summed E-state index contributed by atoms with van der Waals surface area (Å²) in [6.07, 6.45) is 2.07. The highest BCUT2D eigenvalue weighted by Crippen LogP contribution is 2.23. The van der Waals surface area contributed by atoms with E-state index < -0.39 is 15.6 Å². The number of amides is 1. The van der Waals surface area contributed by atoms with E-state index in [0.717, 1.165) is 18.2 Å². The van der Waals surface area contributed by atoms with E-state index in [4.69, 9.17) is 0 Å². The number of aryl methyl sites for hydroxylation is 1. The monoisotopic (exact) mass is 346 g/mol. The molecule has 2 rings (SSSR count). The Morgan fingerprint density at radius 2 is 1.95 bits per heavy atom. The number of carbonyl (C=O) groups excluding carboxylic acids is 1. The summed E-state index contributed by atoms with van der Waals surface area (Å²) < 4.78 is 22.7. The highest BCUT2D eigenvalue weighted by molar-refractivity contribution is 7.91. The number of halogens is 1. The molecule has 1 heterocycles. The van der Waals surface area contributed by atoms with E-state index >= 15 is 0 Å². The summed E-state index contributed by atoms with van der Waals surface area (Å²) in [6, 6.07) is 8.07. The quantitative estimate of drug-likeness (QED) is 0.889. The van der Waals surface area contributed by atoms with Gasteiger partial charge in [0, 0.05) is 25.9 Å². The van der Waals surface area contributed by atoms with Gasteiger partial charge in [-0.1, -0.05) is 31.2 Å². The lowest BCUT2D eigenvalue weighted by Gasteiger charge is -2.36. The minimum Gasteiger partial charge on any atom is -0.332 e. The summed E-state index contributed by atoms with van der Waals surface area (Å²) in [7, 11) is -3.30. The van der Waals surface area contributed by atoms with Crippen molar-refractivity contribution in [3.63, 3.8) is 0 Å². The van der Waals surface area contributed by atoms with Gasteiger partial charge in [-0.05, 0) is 17.5 Å². The molecule has 124 valence electrons. The van der Waals surface area contributed by atoms with Crippen LogP contribution in [0.15, 0.2) is 24.3 Å². The molecule has 1 atom stereocenters. The van der Waals surface area contributed by atoms with E-state index in [2.05, 4.69) is 24.4 Å². The maximum absolute atomic E-state index is 12.2. The van der Waals surface area contributed by atoms with Gasteiger partial charge in [-0.15, -0.1) is 12.4 Å². The largest absolute Gasteiger partial charge is 0.332 e. The SMILES string of the molecule is CCc1ccc(C2CNCCN2C(=O)CS(C)(=O)=O)cc1.Cl. The van der Waals surface area contributed by atoms with Crippen LogP contribution in [0.3, 0.4) is 0 Å². The van der Waals surface area contributed by atoms with Crippen LogP contribution in [0.2, 0.25) is 0 Å². The van der Waals surface area contributed by atoms with Crippen molar-refractivity contribution in [3.8, 4) is 0 Å². The fourth-order valence-electron chi connectivity index (χ4n) is 2.58. The molecule has 0 aromatic heterocycles. The molecule has 0 aliphatic carbocycles. The summed E-state index contributed by atoms with van der Waals surface area (Å²) >= 11 is 0. The van der Waals surface area contributed by atoms with Crippen LogP contribution in [0.5, 0.6) is 0 Å². The Kier molecular flexibility index (Phi) is 6.84. The molecule has 0 saturated carbocycles. The predicted molar refractivity (Wildman–Crippen MR) is 90.1 cm³/mol. The Hall–Kier alpha value is -1.11. The van der Waals surface area contributed by atoms with Gasteiger partial charge < -0.3 is 10.2 Å². The van der Waals surface area contributed by atoms with E-state index in [1.54, 1.807) is 4.90 Å². The fraction of sp³-hybridized carbons (Fsp3) is 0.533. The first kappa shape index (κ1) is 18.9. The van der Waals surface area contributed by atoms with Gasteiger partial charge in [0.2, 0.25) is 5.91 Å². The molecule has 1 saturated heterocycles. The first-order chi connectivity index (χ1) is 9.90. The van der Waals surface area contributed by atoms with Crippen molar-refractivity contribution in [2.24, 2.45) is 0 Å². The normalized spacial score (nSPS) is 18.6. The number of hydrogen-bond acceptors (Lipinski definition) is 4. The fourth-order valence-corrected chi connectivity index (χ4v) is 3.20. The van der Waals surface area contributed by atoms with E-state index in [1.165, 1.54) is 5.56 Å². The van der Waals surface area contributed by atoms with Crippen LogP contribution in [0.4, 0.5) is 0 Å². The van der Waals surface area contributed by atoms with Gasteiger partial charge in [-0.25, -0.2) is 8.42 Å². The van der Waals surface area contributed by atoms with Gasteiger partial charge in [0.25, 0.3) is 0 Å². The first-order valence-corrected chi connectivity index (χ1v) is 9.23. The predicted octanol–water partition coefficient (Wildman–Crippen LogP) is 1.19. The number of sulfone groups is 1. The standard InChI is InChI=1S/C15H22N2O3S.ClH/c1-3-12-4-6-13(7-5-12)14-10-16-8-9-17(14)15(18)11-21(2,19)20;/h4-7,14,16H,3,8-11H2,1-2H3;1H. The van der Waals surface area contributed by atoms with E-state index in [9.17, 15) is 13.2 Å². The van der Waals surface area contributed by atoms with Gasteiger partial charge >= 0.3 is 0 Å². The number of carbonyl (C=O) groups is 1. The van der Waals surface area contributed by atoms with Crippen LogP contribution in [0.25, 0.3) is 0 Å². The zero-order valence-electron chi connectivity index (χ0n) is 12.9. The van der Waals surface area contributed by atoms with E-state index in [0.29, 0.717) is 19.6 Å². The minimum absolute atomic E-state index is 0. The molecule has 0 bridgehead atoms. The van der Waals surface area contributed by atoms with Crippen LogP contribution < -0.4 is 5.32 Å². The van der Waals surface area contributed by atoms with Crippen LogP contribution in [-0.2, 0) is 21.1 Å². The molecule has 0 radical (unpaired) electrons. The molecular weight excluding hydrogens is 324 g/mol. The topological polar surface area (TPSA) is 66.5 Å². The molecule has 1 aromatic carbocycles. The summed E-state index contributed by atoms with van der Waals surface area (Å²) in [5, 5.41) is 3.27. The summed E-state index contributed by atoms with van der Waals surface area (Å²) in [6.45, 7) is 3.98. The number of hydrogen-bond donors (Lipinski definition) is 1. The Balaban J connectivity index is 0.00000242. The Labute approximate surface area is 138 Å². The van der Waals surface area contributed by atoms with Crippen LogP contribution in [0, 0.1) is 0 Å². The average Bonchev–Trinajstić information content (AvgIpc) is 2.45. The zero-order valence-corrected chi connectivity index (χ0v) is 14.5. The third-order valence-electron chi connectivity index (χ3n) is 3.72. The van der Waals surface area contributed by atoms with Crippen molar-refractivity contribution in [2.75, 3.05) is 31.6 Å². The highest BCUT2D eigenvalue weighted by atomic mass is 35.5. The first-order valence-electron chi connectivity index (χ1n) is 7.17. The Bertz CT molecular complexity index is 602. The molecule has 1 amide bonds. The second-order valence-electron chi connectivity index (χ2n) is 5.47. The zero-order chi connectivity index (χ0) is 15.5. The number of piperazine rings is 1. The molecule has 1 aliphatic rings. The van der Waals surface area contributed by atoms with Gasteiger partial charge in [-0.2, -0.15) is 0 Å². The van der Waals surface area contributed by atoms with E-state index in [1.807, 2.05) is 12.1 Å². The molecule has 1 unspecified atom stereocenters. The molecule has 0 spiro atoms. The van der Waals surface area contributed by atoms with Crippen LogP contribution in [-0.4, -0.2) is 50.9 Å². The molecule has 1 aromatic rings. The second kappa shape index (κ2) is 7.94. The van der Waals surface area contributed by atoms with Gasteiger partial charge in [-0.3, -0.25) is 4.79 Å². The maximum atomic E-state index is 12.2. The number of benzene rings is 1. The Morgan fingerprint density at radius 1 is 1.32 bits per heavy atom. The van der Waals surface area contributed by atoms with Crippen LogP contribution >= 0.6 is 12.4 Å². The number of nitrogens with one attached hydrogen (secondary N) is 1. The van der Waals surface area contributed by atoms with Crippen molar-refractivity contribution >= 4 is 28.2 Å². The van der Waals surface area contributed by atoms with E-state index in [-0.39, 0.29) is 24.4 Å². The third kappa shape index (κ3) is 4.97. The van der Waals surface area contributed by atoms with Crippen LogP contribution in [0.1, 0.15) is 24.1 Å². The van der Waals surface area contributed by atoms with Gasteiger partial charge in [0.15, 0.2) is 9.84 Å². The summed E-state index contributed by atoms with van der Waals surface area (Å²) in [4.78, 5) is 13.9. The lowest BCUT2D eigenvalue weighted by Crippen LogP contribution is -2.50. The van der Waals surface area contributed by atoms with Gasteiger partial charge in [0.05, 0.1) is 6.04 Å². The van der Waals surface area contributed by atoms with Crippen molar-refractivity contribution in [3.05, 3.63) is 35.4 Å². The third-order valence-corrected chi connectivity index (χ3v) is 4.49. The molecule has 5 nitrogen and oxygen atoms in total.